The van der Waals surface area contributed by atoms with Crippen LogP contribution in [0.4, 0.5) is 9.59 Å². The molecule has 20 heteroatoms. The number of aliphatic hydroxyl groups excluding tert-OH is 2. The van der Waals surface area contributed by atoms with Crippen molar-refractivity contribution in [2.75, 3.05) is 183 Å². The molecule has 5 saturated heterocycles. The van der Waals surface area contributed by atoms with Crippen molar-refractivity contribution in [3.8, 4) is 0 Å². The first-order chi connectivity index (χ1) is 24.1. The van der Waals surface area contributed by atoms with Crippen LogP contribution in [-0.2, 0) is 0 Å². The molecule has 5 fully saturated rings. The maximum atomic E-state index is 12.7. The Morgan fingerprint density at radius 1 is 0.446 bits per heavy atom. The van der Waals surface area contributed by atoms with Crippen LogP contribution in [0.15, 0.2) is 0 Å². The van der Waals surface area contributed by atoms with Crippen LogP contribution in [0.2, 0.25) is 0 Å². The Kier molecular flexibility index (Phi) is 27.0. The van der Waals surface area contributed by atoms with E-state index in [-0.39, 0.29) is 71.0 Å². The van der Waals surface area contributed by atoms with Gasteiger partial charge in [0.1, 0.15) is 26.2 Å². The van der Waals surface area contributed by atoms with Gasteiger partial charge in [-0.25, -0.2) is 9.59 Å². The van der Waals surface area contributed by atoms with E-state index < -0.39 is 0 Å². The summed E-state index contributed by atoms with van der Waals surface area (Å²) in [6.45, 7) is 34.4. The normalized spacial score (nSPS) is 22.5. The van der Waals surface area contributed by atoms with Crippen molar-refractivity contribution in [2.45, 2.75) is 39.9 Å². The molecule has 2 atom stereocenters. The smallest absolute Gasteiger partial charge is 0.320 e. The number of carbonyl (C=O) groups is 2. The van der Waals surface area contributed by atoms with Crippen LogP contribution < -0.4 is 24.8 Å². The Bertz CT molecular complexity index is 977. The van der Waals surface area contributed by atoms with Gasteiger partial charge in [-0.15, -0.1) is 0 Å². The molecule has 5 rings (SSSR count). The number of hydrogen-bond donors (Lipinski definition) is 2. The number of rotatable bonds is 12. The quantitative estimate of drug-likeness (QED) is 0.179. The van der Waals surface area contributed by atoms with Crippen LogP contribution in [0.1, 0.15) is 27.7 Å². The second-order valence-electron chi connectivity index (χ2n) is 15.9. The number of hydrogen-bond acceptors (Lipinski definition) is 8. The lowest BCUT2D eigenvalue weighted by molar-refractivity contribution is -1.03. The summed E-state index contributed by atoms with van der Waals surface area (Å²) < 4.78 is 2.48. The molecule has 0 bridgehead atoms. The number of urea groups is 2. The van der Waals surface area contributed by atoms with Crippen LogP contribution >= 0.6 is 0 Å². The summed E-state index contributed by atoms with van der Waals surface area (Å²) >= 11 is 0. The van der Waals surface area contributed by atoms with E-state index in [9.17, 15) is 19.8 Å². The van der Waals surface area contributed by atoms with E-state index in [2.05, 4.69) is 19.6 Å². The minimum Gasteiger partial charge on any atom is -1.00 e. The van der Waals surface area contributed by atoms with Gasteiger partial charge in [0.25, 0.3) is 0 Å². The van der Waals surface area contributed by atoms with Crippen molar-refractivity contribution in [2.24, 2.45) is 0 Å². The zero-order chi connectivity index (χ0) is 35.7. The Morgan fingerprint density at radius 3 is 0.911 bits per heavy atom. The Hall–Kier alpha value is -1.36. The lowest BCUT2D eigenvalue weighted by atomic mass is 10.1. The predicted molar refractivity (Wildman–Crippen MR) is 211 cm³/mol. The van der Waals surface area contributed by atoms with Gasteiger partial charge in [-0.1, -0.05) is 0 Å². The highest BCUT2D eigenvalue weighted by atomic mass is 35.5. The second-order valence-corrected chi connectivity index (χ2v) is 15.9. The first-order valence-electron chi connectivity index (χ1n) is 20.1. The van der Waals surface area contributed by atoms with E-state index in [1.807, 2.05) is 47.3 Å². The molecule has 5 aliphatic heterocycles. The van der Waals surface area contributed by atoms with Crippen molar-refractivity contribution in [1.29, 1.82) is 0 Å². The molecule has 5 aliphatic rings. The average Bonchev–Trinajstić information content (AvgIpc) is 3.13. The third kappa shape index (κ3) is 15.0. The van der Waals surface area contributed by atoms with E-state index in [0.29, 0.717) is 13.1 Å². The number of halogens is 2. The number of quaternary nitrogens is 2. The lowest BCUT2D eigenvalue weighted by Gasteiger charge is -2.54. The molecular weight excluding hydrogens is 771 g/mol. The fraction of sp³-hybridized carbons (Fsp3) is 0.944. The average molecular weight is 852 g/mol. The molecule has 336 valence electrons. The maximum absolute atomic E-state index is 12.7. The highest BCUT2D eigenvalue weighted by Gasteiger charge is 2.45. The minimum absolute atomic E-state index is 0. The fourth-order valence-electron chi connectivity index (χ4n) is 9.13. The van der Waals surface area contributed by atoms with Crippen LogP contribution in [0.3, 0.4) is 0 Å². The van der Waals surface area contributed by atoms with Crippen LogP contribution in [0, 0.1) is 0 Å². The predicted octanol–water partition coefficient (Wildman–Crippen LogP) is -10.1. The molecule has 0 radical (unpaired) electrons. The molecule has 2 spiro atoms. The number of piperazine rings is 5. The van der Waals surface area contributed by atoms with Crippen molar-refractivity contribution in [3.05, 3.63) is 0 Å². The van der Waals surface area contributed by atoms with Crippen molar-refractivity contribution in [1.82, 2.24) is 39.2 Å². The first kappa shape index (κ1) is 56.7. The third-order valence-corrected chi connectivity index (χ3v) is 12.9. The molecule has 56 heavy (non-hydrogen) atoms. The number of amides is 4. The second kappa shape index (κ2) is 26.7. The van der Waals surface area contributed by atoms with Gasteiger partial charge in [-0.3, -0.25) is 19.6 Å². The number of nitrogens with zero attached hydrogens (tertiary/aromatic N) is 10. The largest absolute Gasteiger partial charge is 1.00 e. The van der Waals surface area contributed by atoms with E-state index >= 15 is 0 Å². The van der Waals surface area contributed by atoms with Gasteiger partial charge >= 0.3 is 12.1 Å². The molecule has 10 N–H and O–H groups in total. The van der Waals surface area contributed by atoms with E-state index in [4.69, 9.17) is 0 Å². The highest BCUT2D eigenvalue weighted by molar-refractivity contribution is 5.75. The van der Waals surface area contributed by atoms with Crippen LogP contribution in [-0.4, -0.2) is 288 Å². The van der Waals surface area contributed by atoms with Crippen LogP contribution in [0.5, 0.6) is 0 Å². The first-order valence-corrected chi connectivity index (χ1v) is 20.1. The van der Waals surface area contributed by atoms with Crippen LogP contribution in [0.25, 0.3) is 0 Å². The van der Waals surface area contributed by atoms with Gasteiger partial charge < -0.3 is 85.5 Å². The molecule has 5 heterocycles. The molecule has 0 aromatic carbocycles. The Labute approximate surface area is 349 Å². The molecule has 0 aliphatic carbocycles. The standard InChI is InChI=1S/C36H72N10O4.2ClH.4H2O/c1-5-41(6-2)35(49)43-13-9-37(10-14-43)29-33(47)31-39-17-21-45(22-18-39)25-27-46(28-26-45)23-19-40(20-24-46)32-34(48)30-38-11-15-44(16-12-38)36(50)42(7-3)8-4;;;;;;/h33-34,47-48H,5-32H2,1-4H3;2*1H;4*1H2/q+2;;;;;;/p-2. The van der Waals surface area contributed by atoms with Gasteiger partial charge in [0.2, 0.25) is 0 Å². The summed E-state index contributed by atoms with van der Waals surface area (Å²) in [4.78, 5) is 42.6. The van der Waals surface area contributed by atoms with Crippen molar-refractivity contribution in [3.63, 3.8) is 0 Å². The monoisotopic (exact) mass is 851 g/mol. The fourth-order valence-corrected chi connectivity index (χ4v) is 9.13. The summed E-state index contributed by atoms with van der Waals surface area (Å²) in [6, 6.07) is 0.291. The molecule has 2 unspecified atom stereocenters. The van der Waals surface area contributed by atoms with Gasteiger partial charge in [0, 0.05) is 131 Å². The Morgan fingerprint density at radius 2 is 0.679 bits per heavy atom. The highest BCUT2D eigenvalue weighted by Crippen LogP contribution is 2.24. The zero-order valence-corrected chi connectivity index (χ0v) is 36.4. The molecule has 18 nitrogen and oxygen atoms in total. The molecule has 0 aromatic rings. The van der Waals surface area contributed by atoms with Crippen molar-refractivity contribution < 1.29 is 75.5 Å². The van der Waals surface area contributed by atoms with E-state index in [1.165, 1.54) is 61.3 Å². The minimum atomic E-state index is -0.352. The van der Waals surface area contributed by atoms with Gasteiger partial charge in [-0.05, 0) is 27.7 Å². The lowest BCUT2D eigenvalue weighted by Crippen LogP contribution is -3.00. The summed E-state index contributed by atoms with van der Waals surface area (Å²) in [5, 5.41) is 21.9. The molecular formula is C36H80Cl2N10O8. The maximum Gasteiger partial charge on any atom is 0.320 e. The topological polar surface area (TPSA) is 227 Å². The number of aliphatic hydroxyl groups is 2. The zero-order valence-electron chi connectivity index (χ0n) is 34.9. The molecule has 0 aromatic heterocycles. The summed E-state index contributed by atoms with van der Waals surface area (Å²) in [6.07, 6.45) is -0.704. The molecule has 0 saturated carbocycles. The van der Waals surface area contributed by atoms with Gasteiger partial charge in [-0.2, -0.15) is 0 Å². The Balaban J connectivity index is 0. The molecule has 4 amide bonds. The van der Waals surface area contributed by atoms with Crippen molar-refractivity contribution >= 4 is 12.1 Å². The van der Waals surface area contributed by atoms with E-state index in [0.717, 1.165) is 118 Å². The third-order valence-electron chi connectivity index (χ3n) is 12.9. The summed E-state index contributed by atoms with van der Waals surface area (Å²) in [5.74, 6) is 0. The number of carbonyl (C=O) groups excluding carboxylic acids is 2. The summed E-state index contributed by atoms with van der Waals surface area (Å²) in [5.41, 5.74) is 0. The van der Waals surface area contributed by atoms with Gasteiger partial charge in [0.05, 0.1) is 38.4 Å². The SMILES string of the molecule is CCN(CC)C(=O)N1CCN(CC(O)CN2CC[N+]3(CC2)CC[N+]2(CCN(CC(O)CN4CCN(C(=O)N(CC)CC)CC4)CC2)CC3)CC1.O.O.O.O.[Cl-].[Cl-]. The summed E-state index contributed by atoms with van der Waals surface area (Å²) in [7, 11) is 0. The van der Waals surface area contributed by atoms with Gasteiger partial charge in [0.15, 0.2) is 0 Å². The number of β-amino-alcohol motifs (C(OH)–C–C–N with tert-alkyl or cyclic N) is 2. The van der Waals surface area contributed by atoms with E-state index in [1.54, 1.807) is 0 Å².